The summed E-state index contributed by atoms with van der Waals surface area (Å²) in [7, 11) is 0. The van der Waals surface area contributed by atoms with Gasteiger partial charge in [-0.15, -0.1) is 16.8 Å². The molecule has 5 nitrogen and oxygen atoms in total. The van der Waals surface area contributed by atoms with Gasteiger partial charge >= 0.3 is 0 Å². The topological polar surface area (TPSA) is 68.0 Å². The molecule has 0 aliphatic rings. The fourth-order valence-corrected chi connectivity index (χ4v) is 2.27. The smallest absolute Gasteiger partial charge is 0.251 e. The Labute approximate surface area is 140 Å². The van der Waals surface area contributed by atoms with E-state index in [1.807, 2.05) is 31.2 Å². The molecular formula is C19H17N3O2. The number of benzene rings is 2. The fraction of sp³-hybridized carbons (Fsp3) is 0.105. The first-order valence-corrected chi connectivity index (χ1v) is 7.57. The zero-order valence-electron chi connectivity index (χ0n) is 13.3. The molecule has 1 amide bonds. The van der Waals surface area contributed by atoms with E-state index in [0.29, 0.717) is 23.9 Å². The molecule has 0 bridgehead atoms. The van der Waals surface area contributed by atoms with E-state index >= 15 is 0 Å². The predicted molar refractivity (Wildman–Crippen MR) is 92.4 cm³/mol. The average molecular weight is 319 g/mol. The van der Waals surface area contributed by atoms with Crippen molar-refractivity contribution in [2.45, 2.75) is 6.92 Å². The lowest BCUT2D eigenvalue weighted by Gasteiger charge is -2.02. The zero-order chi connectivity index (χ0) is 16.9. The SMILES string of the molecule is C=CCNC(=O)c1ccc(-c2nnc(-c3cccc(C)c3)o2)cc1. The summed E-state index contributed by atoms with van der Waals surface area (Å²) in [5.41, 5.74) is 3.34. The summed E-state index contributed by atoms with van der Waals surface area (Å²) in [4.78, 5) is 11.9. The molecule has 1 aromatic heterocycles. The van der Waals surface area contributed by atoms with Crippen molar-refractivity contribution in [3.63, 3.8) is 0 Å². The molecule has 5 heteroatoms. The quantitative estimate of drug-likeness (QED) is 0.729. The molecule has 3 aromatic rings. The second-order valence-electron chi connectivity index (χ2n) is 5.36. The van der Waals surface area contributed by atoms with E-state index in [2.05, 4.69) is 22.1 Å². The largest absolute Gasteiger partial charge is 0.416 e. The average Bonchev–Trinajstić information content (AvgIpc) is 3.10. The van der Waals surface area contributed by atoms with Gasteiger partial charge in [-0.3, -0.25) is 4.79 Å². The molecule has 0 aliphatic heterocycles. The molecule has 0 fully saturated rings. The van der Waals surface area contributed by atoms with Crippen LogP contribution in [-0.4, -0.2) is 22.6 Å². The molecule has 0 aliphatic carbocycles. The summed E-state index contributed by atoms with van der Waals surface area (Å²) < 4.78 is 5.74. The normalized spacial score (nSPS) is 10.4. The Bertz CT molecular complexity index is 866. The minimum absolute atomic E-state index is 0.146. The number of nitrogens with zero attached hydrogens (tertiary/aromatic N) is 2. The lowest BCUT2D eigenvalue weighted by molar-refractivity contribution is 0.0958. The van der Waals surface area contributed by atoms with Crippen molar-refractivity contribution in [1.29, 1.82) is 0 Å². The van der Waals surface area contributed by atoms with E-state index in [1.165, 1.54) is 0 Å². The van der Waals surface area contributed by atoms with Crippen molar-refractivity contribution in [2.75, 3.05) is 6.54 Å². The molecular weight excluding hydrogens is 302 g/mol. The highest BCUT2D eigenvalue weighted by Gasteiger charge is 2.11. The van der Waals surface area contributed by atoms with Gasteiger partial charge in [0, 0.05) is 23.2 Å². The second kappa shape index (κ2) is 6.91. The van der Waals surface area contributed by atoms with Crippen LogP contribution in [0.3, 0.4) is 0 Å². The van der Waals surface area contributed by atoms with Crippen LogP contribution in [0, 0.1) is 6.92 Å². The van der Waals surface area contributed by atoms with Gasteiger partial charge in [-0.2, -0.15) is 0 Å². The number of carbonyl (C=O) groups excluding carboxylic acids is 1. The Morgan fingerprint density at radius 3 is 2.50 bits per heavy atom. The third-order valence-electron chi connectivity index (χ3n) is 3.49. The number of rotatable bonds is 5. The summed E-state index contributed by atoms with van der Waals surface area (Å²) in [6.07, 6.45) is 1.64. The Balaban J connectivity index is 1.80. The van der Waals surface area contributed by atoms with Gasteiger partial charge in [-0.25, -0.2) is 0 Å². The number of aromatic nitrogens is 2. The maximum atomic E-state index is 11.9. The first kappa shape index (κ1) is 15.7. The molecule has 120 valence electrons. The molecule has 0 saturated carbocycles. The summed E-state index contributed by atoms with van der Waals surface area (Å²) in [6, 6.07) is 14.9. The Morgan fingerprint density at radius 2 is 1.83 bits per heavy atom. The lowest BCUT2D eigenvalue weighted by atomic mass is 10.1. The van der Waals surface area contributed by atoms with E-state index in [-0.39, 0.29) is 5.91 Å². The summed E-state index contributed by atoms with van der Waals surface area (Å²) >= 11 is 0. The maximum absolute atomic E-state index is 11.9. The van der Waals surface area contributed by atoms with Crippen LogP contribution in [-0.2, 0) is 0 Å². The van der Waals surface area contributed by atoms with Crippen LogP contribution in [0.15, 0.2) is 65.6 Å². The monoisotopic (exact) mass is 319 g/mol. The number of aryl methyl sites for hydroxylation is 1. The molecule has 0 atom stereocenters. The van der Waals surface area contributed by atoms with Crippen molar-refractivity contribution in [2.24, 2.45) is 0 Å². The number of amides is 1. The highest BCUT2D eigenvalue weighted by atomic mass is 16.4. The van der Waals surface area contributed by atoms with E-state index in [1.54, 1.807) is 30.3 Å². The minimum atomic E-state index is -0.146. The number of nitrogens with one attached hydrogen (secondary N) is 1. The summed E-state index contributed by atoms with van der Waals surface area (Å²) in [6.45, 7) is 6.02. The standard InChI is InChI=1S/C19H17N3O2/c1-3-11-20-17(23)14-7-9-15(10-8-14)18-21-22-19(24-18)16-6-4-5-13(2)12-16/h3-10,12H,1,11H2,2H3,(H,20,23). The van der Waals surface area contributed by atoms with E-state index in [0.717, 1.165) is 16.7 Å². The van der Waals surface area contributed by atoms with E-state index in [4.69, 9.17) is 4.42 Å². The van der Waals surface area contributed by atoms with Crippen molar-refractivity contribution >= 4 is 5.91 Å². The third-order valence-corrected chi connectivity index (χ3v) is 3.49. The molecule has 0 unspecified atom stereocenters. The molecule has 2 aromatic carbocycles. The molecule has 3 rings (SSSR count). The van der Waals surface area contributed by atoms with Gasteiger partial charge in [-0.1, -0.05) is 23.8 Å². The molecule has 0 saturated heterocycles. The number of hydrogen-bond acceptors (Lipinski definition) is 4. The number of carbonyl (C=O) groups is 1. The third kappa shape index (κ3) is 3.41. The Hall–Kier alpha value is -3.21. The van der Waals surface area contributed by atoms with Crippen molar-refractivity contribution in [3.8, 4) is 22.9 Å². The molecule has 1 N–H and O–H groups in total. The van der Waals surface area contributed by atoms with Crippen molar-refractivity contribution in [3.05, 3.63) is 72.3 Å². The Morgan fingerprint density at radius 1 is 1.12 bits per heavy atom. The first-order chi connectivity index (χ1) is 11.7. The van der Waals surface area contributed by atoms with Crippen molar-refractivity contribution in [1.82, 2.24) is 15.5 Å². The second-order valence-corrected chi connectivity index (χ2v) is 5.36. The lowest BCUT2D eigenvalue weighted by Crippen LogP contribution is -2.22. The van der Waals surface area contributed by atoms with Gasteiger partial charge in [0.2, 0.25) is 11.8 Å². The van der Waals surface area contributed by atoms with E-state index in [9.17, 15) is 4.79 Å². The van der Waals surface area contributed by atoms with Gasteiger partial charge < -0.3 is 9.73 Å². The van der Waals surface area contributed by atoms with Crippen LogP contribution in [0.25, 0.3) is 22.9 Å². The summed E-state index contributed by atoms with van der Waals surface area (Å²) in [5.74, 6) is 0.749. The summed E-state index contributed by atoms with van der Waals surface area (Å²) in [5, 5.41) is 10.9. The van der Waals surface area contributed by atoms with Gasteiger partial charge in [-0.05, 0) is 43.3 Å². The van der Waals surface area contributed by atoms with Crippen LogP contribution >= 0.6 is 0 Å². The van der Waals surface area contributed by atoms with Crippen LogP contribution < -0.4 is 5.32 Å². The van der Waals surface area contributed by atoms with Gasteiger partial charge in [0.05, 0.1) is 0 Å². The van der Waals surface area contributed by atoms with Gasteiger partial charge in [0.25, 0.3) is 5.91 Å². The molecule has 0 spiro atoms. The van der Waals surface area contributed by atoms with Crippen LogP contribution in [0.4, 0.5) is 0 Å². The van der Waals surface area contributed by atoms with E-state index < -0.39 is 0 Å². The highest BCUT2D eigenvalue weighted by Crippen LogP contribution is 2.24. The molecule has 24 heavy (non-hydrogen) atoms. The van der Waals surface area contributed by atoms with Crippen LogP contribution in [0.5, 0.6) is 0 Å². The number of hydrogen-bond donors (Lipinski definition) is 1. The van der Waals surface area contributed by atoms with Crippen molar-refractivity contribution < 1.29 is 9.21 Å². The van der Waals surface area contributed by atoms with Gasteiger partial charge in [0.15, 0.2) is 0 Å². The van der Waals surface area contributed by atoms with Crippen LogP contribution in [0.1, 0.15) is 15.9 Å². The maximum Gasteiger partial charge on any atom is 0.251 e. The fourth-order valence-electron chi connectivity index (χ4n) is 2.27. The minimum Gasteiger partial charge on any atom is -0.416 e. The predicted octanol–water partition coefficient (Wildman–Crippen LogP) is 3.63. The van der Waals surface area contributed by atoms with Gasteiger partial charge in [0.1, 0.15) is 0 Å². The molecule has 0 radical (unpaired) electrons. The Kier molecular flexibility index (Phi) is 4.52. The zero-order valence-corrected chi connectivity index (χ0v) is 13.3. The molecule has 1 heterocycles. The first-order valence-electron chi connectivity index (χ1n) is 7.57. The highest BCUT2D eigenvalue weighted by molar-refractivity contribution is 5.94. The van der Waals surface area contributed by atoms with Crippen LogP contribution in [0.2, 0.25) is 0 Å².